The van der Waals surface area contributed by atoms with Crippen LogP contribution in [-0.2, 0) is 9.59 Å². The maximum atomic E-state index is 12.9. The first-order valence-electron chi connectivity index (χ1n) is 9.05. The lowest BCUT2D eigenvalue weighted by molar-refractivity contribution is -0.138. The Morgan fingerprint density at radius 1 is 1.16 bits per heavy atom. The summed E-state index contributed by atoms with van der Waals surface area (Å²) < 4.78 is 0. The van der Waals surface area contributed by atoms with Gasteiger partial charge in [0.05, 0.1) is 0 Å². The van der Waals surface area contributed by atoms with Gasteiger partial charge in [0.1, 0.15) is 11.4 Å². The zero-order valence-corrected chi connectivity index (χ0v) is 14.7. The molecule has 2 saturated heterocycles. The van der Waals surface area contributed by atoms with Crippen LogP contribution < -0.4 is 16.8 Å². The van der Waals surface area contributed by atoms with Crippen LogP contribution in [0.15, 0.2) is 11.4 Å². The summed E-state index contributed by atoms with van der Waals surface area (Å²) in [5, 5.41) is 3.30. The zero-order chi connectivity index (χ0) is 18.2. The summed E-state index contributed by atoms with van der Waals surface area (Å²) in [7, 11) is 0. The minimum absolute atomic E-state index is 0.196. The number of imide groups is 2. The molecule has 0 aromatic heterocycles. The first kappa shape index (κ1) is 17.7. The number of rotatable bonds is 4. The molecule has 0 aromatic rings. The van der Waals surface area contributed by atoms with Gasteiger partial charge in [-0.2, -0.15) is 0 Å². The van der Waals surface area contributed by atoms with E-state index >= 15 is 0 Å². The van der Waals surface area contributed by atoms with Crippen LogP contribution in [-0.4, -0.2) is 53.3 Å². The summed E-state index contributed by atoms with van der Waals surface area (Å²) >= 11 is 0. The summed E-state index contributed by atoms with van der Waals surface area (Å²) in [4.78, 5) is 40.5. The Morgan fingerprint density at radius 3 is 2.28 bits per heavy atom. The fourth-order valence-electron chi connectivity index (χ4n) is 4.04. The molecule has 2 heterocycles. The summed E-state index contributed by atoms with van der Waals surface area (Å²) in [6, 6.07) is -0.723. The number of nitrogens with two attached hydrogens (primary N) is 2. The van der Waals surface area contributed by atoms with Gasteiger partial charge in [-0.25, -0.2) is 4.79 Å². The number of unbranched alkanes of at least 4 members (excludes halogenated alkanes) is 1. The fourth-order valence-corrected chi connectivity index (χ4v) is 4.04. The molecule has 4 amide bonds. The van der Waals surface area contributed by atoms with E-state index in [-0.39, 0.29) is 24.0 Å². The zero-order valence-electron chi connectivity index (χ0n) is 14.7. The predicted octanol–water partition coefficient (Wildman–Crippen LogP) is 0.239. The van der Waals surface area contributed by atoms with E-state index in [1.807, 2.05) is 6.92 Å². The van der Waals surface area contributed by atoms with Crippen LogP contribution in [0, 0.1) is 5.41 Å². The summed E-state index contributed by atoms with van der Waals surface area (Å²) in [5.41, 5.74) is 11.2. The Labute approximate surface area is 147 Å². The Bertz CT molecular complexity index is 612. The van der Waals surface area contributed by atoms with Crippen LogP contribution in [0.3, 0.4) is 0 Å². The molecule has 8 heteroatoms. The second-order valence-electron chi connectivity index (χ2n) is 7.43. The lowest BCUT2D eigenvalue weighted by atomic mass is 9.68. The number of hydrogen-bond donors (Lipinski definition) is 3. The first-order valence-corrected chi connectivity index (χ1v) is 9.05. The van der Waals surface area contributed by atoms with Crippen LogP contribution in [0.2, 0.25) is 0 Å². The molecule has 2 aliphatic heterocycles. The van der Waals surface area contributed by atoms with E-state index in [4.69, 9.17) is 11.5 Å². The van der Waals surface area contributed by atoms with E-state index in [1.54, 1.807) is 0 Å². The highest BCUT2D eigenvalue weighted by Crippen LogP contribution is 2.41. The van der Waals surface area contributed by atoms with Crippen LogP contribution in [0.1, 0.15) is 45.4 Å². The van der Waals surface area contributed by atoms with Crippen LogP contribution in [0.25, 0.3) is 0 Å². The van der Waals surface area contributed by atoms with E-state index in [0.29, 0.717) is 11.8 Å². The normalized spacial score (nSPS) is 24.0. The Balaban J connectivity index is 1.83. The second-order valence-corrected chi connectivity index (χ2v) is 7.43. The van der Waals surface area contributed by atoms with Crippen molar-refractivity contribution >= 4 is 17.8 Å². The van der Waals surface area contributed by atoms with Crippen molar-refractivity contribution in [1.29, 1.82) is 0 Å². The summed E-state index contributed by atoms with van der Waals surface area (Å²) in [6.45, 7) is 4.26. The van der Waals surface area contributed by atoms with Crippen molar-refractivity contribution in [1.82, 2.24) is 15.1 Å². The second kappa shape index (κ2) is 6.67. The Kier molecular flexibility index (Phi) is 4.73. The molecule has 0 radical (unpaired) electrons. The Hall–Kier alpha value is -2.09. The molecule has 1 aliphatic carbocycles. The lowest BCUT2D eigenvalue weighted by Gasteiger charge is -2.49. The smallest absolute Gasteiger partial charge is 0.334 e. The van der Waals surface area contributed by atoms with Crippen LogP contribution in [0.5, 0.6) is 0 Å². The van der Waals surface area contributed by atoms with Gasteiger partial charge in [0, 0.05) is 25.7 Å². The van der Waals surface area contributed by atoms with Gasteiger partial charge in [-0.3, -0.25) is 19.4 Å². The number of carbonyl (C=O) groups excluding carboxylic acids is 3. The third kappa shape index (κ3) is 2.99. The largest absolute Gasteiger partial charge is 0.385 e. The standard InChI is InChI=1S/C17H27N5O3/c1-2-3-8-21-14(23)12(13(18)19)15(24)22(16(21)25)11-4-6-17(7-5-11)9-20-10-17/h11,20H,2-10,18-19H2,1H3. The average Bonchev–Trinajstić information content (AvgIpc) is 2.53. The molecule has 25 heavy (non-hydrogen) atoms. The molecule has 138 valence electrons. The lowest BCUT2D eigenvalue weighted by Crippen LogP contribution is -2.62. The highest BCUT2D eigenvalue weighted by molar-refractivity contribution is 6.29. The molecular weight excluding hydrogens is 322 g/mol. The van der Waals surface area contributed by atoms with E-state index in [1.165, 1.54) is 4.90 Å². The minimum atomic E-state index is -0.671. The fraction of sp³-hybridized carbons (Fsp3) is 0.706. The minimum Gasteiger partial charge on any atom is -0.385 e. The Morgan fingerprint density at radius 2 is 1.80 bits per heavy atom. The van der Waals surface area contributed by atoms with Gasteiger partial charge in [-0.1, -0.05) is 13.3 Å². The molecule has 3 rings (SSSR count). The molecule has 0 atom stereocenters. The van der Waals surface area contributed by atoms with Gasteiger partial charge in [0.2, 0.25) is 0 Å². The van der Waals surface area contributed by atoms with Crippen molar-refractivity contribution in [3.63, 3.8) is 0 Å². The van der Waals surface area contributed by atoms with E-state index in [9.17, 15) is 14.4 Å². The average molecular weight is 349 g/mol. The number of hydrogen-bond acceptors (Lipinski definition) is 6. The molecule has 0 unspecified atom stereocenters. The molecule has 8 nitrogen and oxygen atoms in total. The van der Waals surface area contributed by atoms with Crippen LogP contribution in [0.4, 0.5) is 4.79 Å². The number of nitrogens with zero attached hydrogens (tertiary/aromatic N) is 2. The summed E-state index contributed by atoms with van der Waals surface area (Å²) in [5.74, 6) is -1.63. The van der Waals surface area contributed by atoms with Crippen LogP contribution >= 0.6 is 0 Å². The molecule has 3 fully saturated rings. The SMILES string of the molecule is CCCCN1C(=O)C(=C(N)N)C(=O)N(C2CCC3(CC2)CNC3)C1=O. The summed E-state index contributed by atoms with van der Waals surface area (Å²) in [6.07, 6.45) is 4.97. The first-order chi connectivity index (χ1) is 11.9. The molecule has 1 saturated carbocycles. The molecule has 0 aromatic carbocycles. The molecule has 3 aliphatic rings. The van der Waals surface area contributed by atoms with Crippen molar-refractivity contribution in [3.05, 3.63) is 11.4 Å². The van der Waals surface area contributed by atoms with Crippen molar-refractivity contribution in [3.8, 4) is 0 Å². The van der Waals surface area contributed by atoms with Crippen molar-refractivity contribution in [2.75, 3.05) is 19.6 Å². The van der Waals surface area contributed by atoms with Gasteiger partial charge in [-0.15, -0.1) is 0 Å². The van der Waals surface area contributed by atoms with E-state index < -0.39 is 17.8 Å². The maximum Gasteiger partial charge on any atom is 0.334 e. The van der Waals surface area contributed by atoms with E-state index in [0.717, 1.165) is 50.1 Å². The number of urea groups is 1. The van der Waals surface area contributed by atoms with Crippen molar-refractivity contribution in [2.45, 2.75) is 51.5 Å². The predicted molar refractivity (Wildman–Crippen MR) is 91.8 cm³/mol. The highest BCUT2D eigenvalue weighted by Gasteiger charge is 2.49. The quantitative estimate of drug-likeness (QED) is 0.494. The molecule has 0 bridgehead atoms. The third-order valence-corrected chi connectivity index (χ3v) is 5.73. The van der Waals surface area contributed by atoms with Crippen molar-refractivity contribution < 1.29 is 14.4 Å². The highest BCUT2D eigenvalue weighted by atomic mass is 16.2. The monoisotopic (exact) mass is 349 g/mol. The number of amides is 4. The number of carbonyl (C=O) groups is 3. The number of barbiturate groups is 1. The molecular formula is C17H27N5O3. The van der Waals surface area contributed by atoms with Gasteiger partial charge in [0.25, 0.3) is 11.8 Å². The van der Waals surface area contributed by atoms with E-state index in [2.05, 4.69) is 5.32 Å². The van der Waals surface area contributed by atoms with Crippen molar-refractivity contribution in [2.24, 2.45) is 16.9 Å². The van der Waals surface area contributed by atoms with Gasteiger partial charge in [-0.05, 0) is 37.5 Å². The number of nitrogens with one attached hydrogen (secondary N) is 1. The molecule has 1 spiro atoms. The molecule has 5 N–H and O–H groups in total. The van der Waals surface area contributed by atoms with Gasteiger partial charge in [0.15, 0.2) is 0 Å². The van der Waals surface area contributed by atoms with Gasteiger partial charge < -0.3 is 16.8 Å². The topological polar surface area (TPSA) is 122 Å². The third-order valence-electron chi connectivity index (χ3n) is 5.73. The van der Waals surface area contributed by atoms with Gasteiger partial charge >= 0.3 is 6.03 Å². The maximum absolute atomic E-state index is 12.9.